The van der Waals surface area contributed by atoms with Crippen molar-refractivity contribution >= 4 is 5.69 Å². The molecule has 0 N–H and O–H groups in total. The number of para-hydroxylation sites is 1. The molecule has 0 atom stereocenters. The highest BCUT2D eigenvalue weighted by molar-refractivity contribution is 5.50. The molecule has 0 bridgehead atoms. The zero-order chi connectivity index (χ0) is 14.0. The van der Waals surface area contributed by atoms with E-state index in [2.05, 4.69) is 96.7 Å². The Labute approximate surface area is 121 Å². The highest BCUT2D eigenvalue weighted by atomic mass is 15.4. The van der Waals surface area contributed by atoms with Crippen molar-refractivity contribution in [2.75, 3.05) is 11.6 Å². The first-order valence-corrected chi connectivity index (χ1v) is 7.00. The summed E-state index contributed by atoms with van der Waals surface area (Å²) in [6.07, 6.45) is 4.33. The zero-order valence-electron chi connectivity index (χ0n) is 12.0. The lowest BCUT2D eigenvalue weighted by Gasteiger charge is -2.37. The molecule has 2 nitrogen and oxygen atoms in total. The predicted molar refractivity (Wildman–Crippen MR) is 84.2 cm³/mol. The van der Waals surface area contributed by atoms with Gasteiger partial charge in [0.05, 0.1) is 12.2 Å². The van der Waals surface area contributed by atoms with Crippen LogP contribution in [0.5, 0.6) is 0 Å². The lowest BCUT2D eigenvalue weighted by molar-refractivity contribution is 0.202. The van der Waals surface area contributed by atoms with Crippen molar-refractivity contribution < 1.29 is 0 Å². The molecular weight excluding hydrogens is 244 g/mol. The highest BCUT2D eigenvalue weighted by Gasteiger charge is 2.30. The van der Waals surface area contributed by atoms with Crippen molar-refractivity contribution in [2.45, 2.75) is 19.4 Å². The summed E-state index contributed by atoms with van der Waals surface area (Å²) >= 11 is 0. The van der Waals surface area contributed by atoms with Crippen LogP contribution in [0, 0.1) is 0 Å². The first-order chi connectivity index (χ1) is 9.68. The van der Waals surface area contributed by atoms with Gasteiger partial charge in [-0.15, -0.1) is 0 Å². The van der Waals surface area contributed by atoms with Crippen LogP contribution in [0.15, 0.2) is 73.1 Å². The summed E-state index contributed by atoms with van der Waals surface area (Å²) in [7, 11) is 0. The van der Waals surface area contributed by atoms with Crippen LogP contribution >= 0.6 is 0 Å². The standard InChI is InChI=1S/C18H20N2/c1-18(2,16-9-5-3-6-10-16)20-14-13-19(15-20)17-11-7-4-8-12-17/h3-14H,15H2,1-2H3. The van der Waals surface area contributed by atoms with E-state index in [4.69, 9.17) is 0 Å². The van der Waals surface area contributed by atoms with E-state index in [1.807, 2.05) is 0 Å². The van der Waals surface area contributed by atoms with Crippen LogP contribution in [0.25, 0.3) is 0 Å². The Morgan fingerprint density at radius 1 is 0.800 bits per heavy atom. The van der Waals surface area contributed by atoms with Crippen LogP contribution < -0.4 is 4.90 Å². The first kappa shape index (κ1) is 12.8. The molecule has 102 valence electrons. The minimum Gasteiger partial charge on any atom is -0.349 e. The smallest absolute Gasteiger partial charge is 0.0949 e. The fourth-order valence-corrected chi connectivity index (χ4v) is 2.58. The third-order valence-corrected chi connectivity index (χ3v) is 4.02. The zero-order valence-corrected chi connectivity index (χ0v) is 12.0. The molecule has 2 aromatic carbocycles. The van der Waals surface area contributed by atoms with Crippen molar-refractivity contribution in [3.05, 3.63) is 78.6 Å². The number of hydrogen-bond acceptors (Lipinski definition) is 2. The molecule has 0 saturated carbocycles. The molecule has 0 aromatic heterocycles. The van der Waals surface area contributed by atoms with Gasteiger partial charge < -0.3 is 9.80 Å². The molecule has 1 heterocycles. The van der Waals surface area contributed by atoms with Gasteiger partial charge in [-0.2, -0.15) is 0 Å². The molecule has 20 heavy (non-hydrogen) atoms. The van der Waals surface area contributed by atoms with Crippen molar-refractivity contribution in [2.24, 2.45) is 0 Å². The molecule has 0 spiro atoms. The van der Waals surface area contributed by atoms with Gasteiger partial charge >= 0.3 is 0 Å². The first-order valence-electron chi connectivity index (χ1n) is 7.00. The third-order valence-electron chi connectivity index (χ3n) is 4.02. The summed E-state index contributed by atoms with van der Waals surface area (Å²) in [4.78, 5) is 4.64. The third kappa shape index (κ3) is 2.29. The summed E-state index contributed by atoms with van der Waals surface area (Å²) in [5, 5.41) is 0. The lowest BCUT2D eigenvalue weighted by atomic mass is 9.93. The molecule has 0 aliphatic carbocycles. The average Bonchev–Trinajstić information content (AvgIpc) is 3.00. The number of hydrogen-bond donors (Lipinski definition) is 0. The van der Waals surface area contributed by atoms with E-state index in [1.165, 1.54) is 11.3 Å². The second-order valence-electron chi connectivity index (χ2n) is 5.64. The number of nitrogens with zero attached hydrogens (tertiary/aromatic N) is 2. The van der Waals surface area contributed by atoms with E-state index in [0.717, 1.165) is 6.67 Å². The van der Waals surface area contributed by atoms with Crippen LogP contribution in [-0.2, 0) is 5.54 Å². The van der Waals surface area contributed by atoms with Crippen molar-refractivity contribution in [1.29, 1.82) is 0 Å². The van der Waals surface area contributed by atoms with Crippen molar-refractivity contribution in [3.8, 4) is 0 Å². The van der Waals surface area contributed by atoms with Crippen LogP contribution in [-0.4, -0.2) is 11.6 Å². The number of rotatable bonds is 3. The largest absolute Gasteiger partial charge is 0.349 e. The van der Waals surface area contributed by atoms with Gasteiger partial charge in [-0.3, -0.25) is 0 Å². The minimum absolute atomic E-state index is 0.0126. The summed E-state index contributed by atoms with van der Waals surface area (Å²) in [6, 6.07) is 21.1. The molecule has 1 aliphatic rings. The molecule has 0 saturated heterocycles. The quantitative estimate of drug-likeness (QED) is 0.821. The van der Waals surface area contributed by atoms with E-state index in [9.17, 15) is 0 Å². The summed E-state index contributed by atoms with van der Waals surface area (Å²) in [5.41, 5.74) is 2.55. The second kappa shape index (κ2) is 5.04. The SMILES string of the molecule is CC(C)(c1ccccc1)N1C=CN(c2ccccc2)C1. The maximum Gasteiger partial charge on any atom is 0.0949 e. The molecule has 0 amide bonds. The van der Waals surface area contributed by atoms with Gasteiger partial charge in [0.25, 0.3) is 0 Å². The van der Waals surface area contributed by atoms with Gasteiger partial charge in [0.2, 0.25) is 0 Å². The van der Waals surface area contributed by atoms with Gasteiger partial charge in [0, 0.05) is 18.1 Å². The van der Waals surface area contributed by atoms with Crippen molar-refractivity contribution in [1.82, 2.24) is 4.90 Å². The lowest BCUT2D eigenvalue weighted by Crippen LogP contribution is -2.39. The summed E-state index contributed by atoms with van der Waals surface area (Å²) in [6.45, 7) is 5.41. The van der Waals surface area contributed by atoms with Gasteiger partial charge in [-0.1, -0.05) is 48.5 Å². The van der Waals surface area contributed by atoms with Crippen molar-refractivity contribution in [3.63, 3.8) is 0 Å². The van der Waals surface area contributed by atoms with E-state index in [1.54, 1.807) is 0 Å². The molecule has 1 aliphatic heterocycles. The minimum atomic E-state index is -0.0126. The van der Waals surface area contributed by atoms with Crippen LogP contribution in [0.2, 0.25) is 0 Å². The summed E-state index contributed by atoms with van der Waals surface area (Å²) in [5.74, 6) is 0. The monoisotopic (exact) mass is 264 g/mol. The Hall–Kier alpha value is -2.22. The fourth-order valence-electron chi connectivity index (χ4n) is 2.58. The molecular formula is C18H20N2. The Morgan fingerprint density at radius 3 is 2.05 bits per heavy atom. The molecule has 3 rings (SSSR count). The fraction of sp³-hybridized carbons (Fsp3) is 0.222. The second-order valence-corrected chi connectivity index (χ2v) is 5.64. The summed E-state index contributed by atoms with van der Waals surface area (Å²) < 4.78 is 0. The average molecular weight is 264 g/mol. The maximum absolute atomic E-state index is 2.37. The molecule has 2 heteroatoms. The Balaban J connectivity index is 1.80. The maximum atomic E-state index is 2.37. The van der Waals surface area contributed by atoms with Crippen LogP contribution in [0.4, 0.5) is 5.69 Å². The Bertz CT molecular complexity index is 587. The Kier molecular flexibility index (Phi) is 3.23. The molecule has 0 unspecified atom stereocenters. The Morgan fingerprint density at radius 2 is 1.40 bits per heavy atom. The van der Waals surface area contributed by atoms with E-state index < -0.39 is 0 Å². The van der Waals surface area contributed by atoms with Gasteiger partial charge in [0.15, 0.2) is 0 Å². The molecule has 2 aromatic rings. The predicted octanol–water partition coefficient (Wildman–Crippen LogP) is 4.17. The normalized spacial score (nSPS) is 14.9. The molecule has 0 fully saturated rings. The highest BCUT2D eigenvalue weighted by Crippen LogP contribution is 2.31. The number of benzene rings is 2. The van der Waals surface area contributed by atoms with E-state index in [0.29, 0.717) is 0 Å². The topological polar surface area (TPSA) is 6.48 Å². The van der Waals surface area contributed by atoms with Gasteiger partial charge in [-0.25, -0.2) is 0 Å². The van der Waals surface area contributed by atoms with Crippen LogP contribution in [0.1, 0.15) is 19.4 Å². The van der Waals surface area contributed by atoms with E-state index in [-0.39, 0.29) is 5.54 Å². The van der Waals surface area contributed by atoms with E-state index >= 15 is 0 Å². The van der Waals surface area contributed by atoms with Gasteiger partial charge in [0.1, 0.15) is 0 Å². The van der Waals surface area contributed by atoms with Crippen LogP contribution in [0.3, 0.4) is 0 Å². The van der Waals surface area contributed by atoms with Gasteiger partial charge in [-0.05, 0) is 31.5 Å². The number of anilines is 1. The molecule has 0 radical (unpaired) electrons.